The molecule has 28 heavy (non-hydrogen) atoms. The van der Waals surface area contributed by atoms with Gasteiger partial charge in [0.15, 0.2) is 0 Å². The Bertz CT molecular complexity index is 982. The summed E-state index contributed by atoms with van der Waals surface area (Å²) in [6.45, 7) is 19.9. The van der Waals surface area contributed by atoms with Gasteiger partial charge in [0, 0.05) is 5.04 Å². The van der Waals surface area contributed by atoms with E-state index >= 15 is 0 Å². The molecule has 1 atom stereocenters. The molecule has 2 aromatic carbocycles. The lowest BCUT2D eigenvalue weighted by atomic mass is 9.89. The van der Waals surface area contributed by atoms with E-state index < -0.39 is 16.1 Å². The van der Waals surface area contributed by atoms with E-state index in [2.05, 4.69) is 87.8 Å². The van der Waals surface area contributed by atoms with Gasteiger partial charge in [0.05, 0.1) is 16.1 Å². The third-order valence-corrected chi connectivity index (χ3v) is 12.5. The van der Waals surface area contributed by atoms with Crippen molar-refractivity contribution >= 4 is 21.3 Å². The molecule has 2 aliphatic rings. The normalized spacial score (nSPS) is 21.9. The van der Waals surface area contributed by atoms with Gasteiger partial charge in [-0.05, 0) is 41.5 Å². The Morgan fingerprint density at radius 3 is 2.07 bits per heavy atom. The molecule has 1 unspecified atom stereocenters. The molecule has 0 aromatic heterocycles. The lowest BCUT2D eigenvalue weighted by Gasteiger charge is -2.44. The SMILES string of the molecule is C=C1Cc2ccccc2C1(CC1=C([Si](C)(C)C)c2ccccc2C1)[Si](C)(C)C. The first-order valence-electron chi connectivity index (χ1n) is 10.6. The van der Waals surface area contributed by atoms with E-state index in [1.807, 2.05) is 0 Å². The van der Waals surface area contributed by atoms with Gasteiger partial charge in [0.25, 0.3) is 0 Å². The van der Waals surface area contributed by atoms with Crippen molar-refractivity contribution in [3.8, 4) is 0 Å². The second-order valence-corrected chi connectivity index (χ2v) is 21.2. The van der Waals surface area contributed by atoms with Crippen LogP contribution in [0.3, 0.4) is 0 Å². The number of hydrogen-bond acceptors (Lipinski definition) is 0. The van der Waals surface area contributed by atoms with E-state index in [0.29, 0.717) is 0 Å². The first-order valence-corrected chi connectivity index (χ1v) is 17.6. The molecule has 2 heteroatoms. The van der Waals surface area contributed by atoms with Gasteiger partial charge in [0.1, 0.15) is 0 Å². The number of rotatable bonds is 4. The van der Waals surface area contributed by atoms with E-state index in [1.165, 1.54) is 23.1 Å². The molecule has 0 aliphatic heterocycles. The highest BCUT2D eigenvalue weighted by Gasteiger charge is 2.52. The van der Waals surface area contributed by atoms with Gasteiger partial charge >= 0.3 is 0 Å². The van der Waals surface area contributed by atoms with Crippen molar-refractivity contribution in [1.82, 2.24) is 0 Å². The van der Waals surface area contributed by atoms with Crippen LogP contribution >= 0.6 is 0 Å². The topological polar surface area (TPSA) is 0 Å². The molecule has 0 radical (unpaired) electrons. The zero-order valence-corrected chi connectivity index (χ0v) is 20.4. The fraction of sp³-hybridized carbons (Fsp3) is 0.385. The van der Waals surface area contributed by atoms with E-state index in [-0.39, 0.29) is 5.04 Å². The quantitative estimate of drug-likeness (QED) is 0.375. The molecular weight excluding hydrogens is 368 g/mol. The molecule has 0 fully saturated rings. The molecule has 0 nitrogen and oxygen atoms in total. The van der Waals surface area contributed by atoms with Crippen LogP contribution in [0, 0.1) is 0 Å². The lowest BCUT2D eigenvalue weighted by Crippen LogP contribution is -2.49. The monoisotopic (exact) mass is 402 g/mol. The van der Waals surface area contributed by atoms with E-state index in [4.69, 9.17) is 6.58 Å². The second-order valence-electron chi connectivity index (χ2n) is 10.8. The van der Waals surface area contributed by atoms with Crippen molar-refractivity contribution in [2.24, 2.45) is 0 Å². The highest BCUT2D eigenvalue weighted by Crippen LogP contribution is 2.54. The number of allylic oxidation sites excluding steroid dienone is 2. The molecule has 0 saturated heterocycles. The number of hydrogen-bond donors (Lipinski definition) is 0. The van der Waals surface area contributed by atoms with Gasteiger partial charge in [-0.2, -0.15) is 0 Å². The smallest absolute Gasteiger partial charge is 0.0783 e. The van der Waals surface area contributed by atoms with Gasteiger partial charge in [-0.1, -0.05) is 111 Å². The first-order chi connectivity index (χ1) is 13.1. The molecule has 2 aromatic rings. The predicted molar refractivity (Wildman–Crippen MR) is 129 cm³/mol. The summed E-state index contributed by atoms with van der Waals surface area (Å²) in [5.74, 6) is 0. The summed E-state index contributed by atoms with van der Waals surface area (Å²) in [4.78, 5) is 0. The van der Waals surface area contributed by atoms with Crippen LogP contribution < -0.4 is 0 Å². The van der Waals surface area contributed by atoms with Crippen molar-refractivity contribution in [3.63, 3.8) is 0 Å². The second kappa shape index (κ2) is 6.43. The van der Waals surface area contributed by atoms with Crippen LogP contribution in [0.1, 0.15) is 28.7 Å². The van der Waals surface area contributed by atoms with Crippen molar-refractivity contribution < 1.29 is 0 Å². The van der Waals surface area contributed by atoms with Crippen LogP contribution in [0.25, 0.3) is 5.20 Å². The third-order valence-electron chi connectivity index (χ3n) is 7.04. The minimum absolute atomic E-state index is 0.159. The Labute approximate surface area is 173 Å². The minimum atomic E-state index is -1.57. The van der Waals surface area contributed by atoms with E-state index in [1.54, 1.807) is 21.9 Å². The molecule has 0 bridgehead atoms. The predicted octanol–water partition coefficient (Wildman–Crippen LogP) is 7.19. The molecule has 2 aliphatic carbocycles. The van der Waals surface area contributed by atoms with Crippen molar-refractivity contribution in [2.75, 3.05) is 0 Å². The number of fused-ring (bicyclic) bond motifs is 2. The Morgan fingerprint density at radius 2 is 1.43 bits per heavy atom. The molecule has 0 spiro atoms. The van der Waals surface area contributed by atoms with E-state index in [9.17, 15) is 0 Å². The first kappa shape index (κ1) is 19.7. The zero-order chi connectivity index (χ0) is 20.3. The zero-order valence-electron chi connectivity index (χ0n) is 18.4. The fourth-order valence-corrected chi connectivity index (χ4v) is 11.1. The van der Waals surface area contributed by atoms with Crippen LogP contribution in [0.5, 0.6) is 0 Å². The summed E-state index contributed by atoms with van der Waals surface area (Å²) in [5, 5.41) is 1.88. The number of benzene rings is 2. The van der Waals surface area contributed by atoms with Crippen LogP contribution in [-0.4, -0.2) is 16.1 Å². The Morgan fingerprint density at radius 1 is 0.821 bits per heavy atom. The van der Waals surface area contributed by atoms with Crippen LogP contribution in [0.15, 0.2) is 66.3 Å². The lowest BCUT2D eigenvalue weighted by molar-refractivity contribution is 0.676. The van der Waals surface area contributed by atoms with Crippen LogP contribution in [-0.2, 0) is 17.9 Å². The summed E-state index contributed by atoms with van der Waals surface area (Å²) in [5.41, 5.74) is 9.35. The maximum absolute atomic E-state index is 4.69. The third kappa shape index (κ3) is 2.84. The van der Waals surface area contributed by atoms with Gasteiger partial charge < -0.3 is 0 Å². The largest absolute Gasteiger partial charge is 0.0989 e. The van der Waals surface area contributed by atoms with Crippen molar-refractivity contribution in [2.45, 2.75) is 63.6 Å². The minimum Gasteiger partial charge on any atom is -0.0989 e. The van der Waals surface area contributed by atoms with Gasteiger partial charge in [-0.25, -0.2) is 0 Å². The Balaban J connectivity index is 1.92. The maximum atomic E-state index is 4.69. The average Bonchev–Trinajstić information content (AvgIpc) is 3.10. The van der Waals surface area contributed by atoms with Gasteiger partial charge in [0.2, 0.25) is 0 Å². The van der Waals surface area contributed by atoms with Crippen molar-refractivity contribution in [1.29, 1.82) is 0 Å². The molecule has 146 valence electrons. The molecule has 0 saturated carbocycles. The average molecular weight is 403 g/mol. The maximum Gasteiger partial charge on any atom is 0.0783 e. The molecule has 0 heterocycles. The molecule has 0 amide bonds. The fourth-order valence-electron chi connectivity index (χ4n) is 5.91. The Hall–Kier alpha value is -1.65. The highest BCUT2D eigenvalue weighted by atomic mass is 28.3. The Kier molecular flexibility index (Phi) is 4.52. The highest BCUT2D eigenvalue weighted by molar-refractivity contribution is 6.94. The summed E-state index contributed by atoms with van der Waals surface area (Å²) >= 11 is 0. The van der Waals surface area contributed by atoms with Crippen LogP contribution in [0.2, 0.25) is 39.3 Å². The summed E-state index contributed by atoms with van der Waals surface area (Å²) in [7, 11) is -3.02. The molecular formula is C26H34Si2. The summed E-state index contributed by atoms with van der Waals surface area (Å²) < 4.78 is 0. The standard InChI is InChI=1S/C26H34Si2/c1-19-16-21-13-9-11-15-24(21)26(19,28(5,6)7)18-22-17-20-12-8-10-14-23(20)25(22)27(2,3)4/h8-15H,1,16-18H2,2-7H3. The van der Waals surface area contributed by atoms with Gasteiger partial charge in [-0.15, -0.1) is 0 Å². The van der Waals surface area contributed by atoms with Crippen LogP contribution in [0.4, 0.5) is 0 Å². The molecule has 0 N–H and O–H groups in total. The van der Waals surface area contributed by atoms with Crippen molar-refractivity contribution in [3.05, 3.63) is 88.5 Å². The summed E-state index contributed by atoms with van der Waals surface area (Å²) in [6, 6.07) is 18.3. The summed E-state index contributed by atoms with van der Waals surface area (Å²) in [6.07, 6.45) is 3.37. The molecule has 4 rings (SSSR count). The van der Waals surface area contributed by atoms with Gasteiger partial charge in [-0.3, -0.25) is 0 Å². The van der Waals surface area contributed by atoms with E-state index in [0.717, 1.165) is 12.8 Å².